The number of benzene rings is 1. The summed E-state index contributed by atoms with van der Waals surface area (Å²) >= 11 is 2.22. The summed E-state index contributed by atoms with van der Waals surface area (Å²) in [5.41, 5.74) is 4.63. The second kappa shape index (κ2) is 31.3. The van der Waals surface area contributed by atoms with Gasteiger partial charge in [-0.3, -0.25) is 4.79 Å². The van der Waals surface area contributed by atoms with Crippen molar-refractivity contribution >= 4 is 42.7 Å². The molecule has 1 aliphatic rings. The Kier molecular flexibility index (Phi) is 28.5. The minimum atomic E-state index is -2.08. The minimum absolute atomic E-state index is 0.0129. The van der Waals surface area contributed by atoms with Gasteiger partial charge in [0.05, 0.1) is 50.3 Å². The van der Waals surface area contributed by atoms with E-state index in [0.717, 1.165) is 23.3 Å². The summed E-state index contributed by atoms with van der Waals surface area (Å²) in [5.74, 6) is -0.305. The topological polar surface area (TPSA) is 128 Å². The van der Waals surface area contributed by atoms with Gasteiger partial charge in [-0.2, -0.15) is 0 Å². The fourth-order valence-electron chi connectivity index (χ4n) is 10.3. The highest BCUT2D eigenvalue weighted by Gasteiger charge is 2.46. The zero-order chi connectivity index (χ0) is 51.3. The van der Waals surface area contributed by atoms with Gasteiger partial charge in [0, 0.05) is 90.0 Å². The molecule has 68 heavy (non-hydrogen) atoms. The fraction of sp³-hybridized carbons (Fsp3) is 0.709. The van der Waals surface area contributed by atoms with Crippen molar-refractivity contribution in [2.45, 2.75) is 181 Å². The van der Waals surface area contributed by atoms with Crippen molar-refractivity contribution in [2.24, 2.45) is 29.6 Å². The Balaban J connectivity index is 2.19. The molecule has 1 N–H and O–H groups in total. The third kappa shape index (κ3) is 19.1. The number of aliphatic hydroxyl groups excluding tert-OH is 1. The van der Waals surface area contributed by atoms with Crippen molar-refractivity contribution in [3.63, 3.8) is 0 Å². The molecular weight excluding hydrogens is 992 g/mol. The van der Waals surface area contributed by atoms with E-state index < -0.39 is 32.4 Å². The average molecular weight is 1080 g/mol. The molecule has 12 atom stereocenters. The molecule has 0 amide bonds. The van der Waals surface area contributed by atoms with Crippen LogP contribution in [0.5, 0.6) is 5.75 Å². The molecule has 1 aromatic carbocycles. The first-order valence-corrected chi connectivity index (χ1v) is 28.2. The molecule has 11 nitrogen and oxygen atoms in total. The SMILES string of the molecule is COc1ccc(CO[C@H]([C@@H](C)[C@@H](OC)[C@@H](C)CO[Si](C(C)C)(C(C)C)C(C)C)[C@@H](C)/C=C/[C@@H](C[C@H](OC)[C@@H](C)/C=C/C(=O)C[C@H](O)[C@@H](C)[C@H]2CC(C[C@@H](C/C(C)=C/I)OC)=CC(=O)O2)OC)cc1. The summed E-state index contributed by atoms with van der Waals surface area (Å²) in [6.45, 7) is 27.5. The number of allylic oxidation sites excluding steroid dienone is 1. The Bertz CT molecular complexity index is 1720. The van der Waals surface area contributed by atoms with E-state index in [1.165, 1.54) is 17.7 Å². The van der Waals surface area contributed by atoms with Crippen LogP contribution in [0.25, 0.3) is 0 Å². The number of methoxy groups -OCH3 is 5. The third-order valence-corrected chi connectivity index (χ3v) is 21.5. The van der Waals surface area contributed by atoms with Crippen LogP contribution < -0.4 is 4.74 Å². The number of ether oxygens (including phenoxy) is 7. The van der Waals surface area contributed by atoms with E-state index in [9.17, 15) is 14.7 Å². The van der Waals surface area contributed by atoms with Crippen LogP contribution in [-0.4, -0.2) is 110 Å². The predicted molar refractivity (Wildman–Crippen MR) is 286 cm³/mol. The van der Waals surface area contributed by atoms with Gasteiger partial charge in [0.2, 0.25) is 0 Å². The normalized spacial score (nSPS) is 20.2. The van der Waals surface area contributed by atoms with E-state index in [2.05, 4.69) is 104 Å². The van der Waals surface area contributed by atoms with Crippen molar-refractivity contribution in [1.29, 1.82) is 0 Å². The standard InChI is InChI=1S/C55H91IO11Si/c1-35(2)68(36(3)4,37(5)6)66-33-41(10)54(64-17)43(12)55(65-34-44-20-24-47(60-13)25-21-44)40(9)19-23-48(61-14)31-51(63-16)39(8)18-22-46(57)30-50(58)42(11)52-28-45(29-53(59)67-52)27-49(62-15)26-38(7)32-56/h18-25,29,32,35-37,39-43,48-52,54-55,58H,26-28,30-31,33-34H2,1-17H3/b22-18+,23-19+,38-32+/t39-,40-,41-,42+,43-,48-,49+,50-,51-,52+,54-,55-/m0/s1. The molecule has 0 aliphatic carbocycles. The van der Waals surface area contributed by atoms with Gasteiger partial charge < -0.3 is 42.7 Å². The molecule has 1 heterocycles. The van der Waals surface area contributed by atoms with Crippen LogP contribution in [0, 0.1) is 29.6 Å². The first kappa shape index (κ1) is 61.9. The Labute approximate surface area is 426 Å². The van der Waals surface area contributed by atoms with Crippen LogP contribution in [0.2, 0.25) is 16.6 Å². The van der Waals surface area contributed by atoms with E-state index in [0.29, 0.717) is 49.1 Å². The van der Waals surface area contributed by atoms with Crippen LogP contribution in [0.15, 0.2) is 69.9 Å². The van der Waals surface area contributed by atoms with E-state index in [1.54, 1.807) is 35.5 Å². The molecule has 0 radical (unpaired) electrons. The lowest BCUT2D eigenvalue weighted by atomic mass is 9.83. The van der Waals surface area contributed by atoms with Crippen LogP contribution >= 0.6 is 22.6 Å². The molecule has 13 heteroatoms. The van der Waals surface area contributed by atoms with Crippen molar-refractivity contribution < 1.29 is 52.3 Å². The summed E-state index contributed by atoms with van der Waals surface area (Å²) in [6, 6.07) is 7.97. The van der Waals surface area contributed by atoms with E-state index in [1.807, 2.05) is 48.3 Å². The number of hydrogen-bond donors (Lipinski definition) is 1. The van der Waals surface area contributed by atoms with Crippen molar-refractivity contribution in [3.05, 3.63) is 75.4 Å². The molecule has 0 saturated heterocycles. The van der Waals surface area contributed by atoms with E-state index >= 15 is 0 Å². The molecule has 1 aliphatic heterocycles. The summed E-state index contributed by atoms with van der Waals surface area (Å²) < 4.78 is 51.0. The number of ketones is 1. The smallest absolute Gasteiger partial charge is 0.330 e. The molecule has 0 saturated carbocycles. The summed E-state index contributed by atoms with van der Waals surface area (Å²) in [5, 5.41) is 11.2. The van der Waals surface area contributed by atoms with Gasteiger partial charge in [-0.1, -0.05) is 140 Å². The highest BCUT2D eigenvalue weighted by Crippen LogP contribution is 2.43. The average Bonchev–Trinajstić information content (AvgIpc) is 3.30. The molecule has 2 rings (SSSR count). The highest BCUT2D eigenvalue weighted by atomic mass is 127. The third-order valence-electron chi connectivity index (χ3n) is 14.4. The van der Waals surface area contributed by atoms with Crippen molar-refractivity contribution in [2.75, 3.05) is 42.2 Å². The van der Waals surface area contributed by atoms with Gasteiger partial charge in [0.1, 0.15) is 11.9 Å². The lowest BCUT2D eigenvalue weighted by Gasteiger charge is -2.44. The van der Waals surface area contributed by atoms with Crippen LogP contribution in [0.3, 0.4) is 0 Å². The van der Waals surface area contributed by atoms with Gasteiger partial charge >= 0.3 is 5.97 Å². The highest BCUT2D eigenvalue weighted by molar-refractivity contribution is 14.1. The summed E-state index contributed by atoms with van der Waals surface area (Å²) in [7, 11) is 6.42. The lowest BCUT2D eigenvalue weighted by molar-refractivity contribution is -0.149. The minimum Gasteiger partial charge on any atom is -0.497 e. The fourth-order valence-corrected chi connectivity index (χ4v) is 16.1. The number of halogens is 1. The first-order valence-electron chi connectivity index (χ1n) is 24.8. The van der Waals surface area contributed by atoms with E-state index in [4.69, 9.17) is 37.6 Å². The molecule has 0 unspecified atom stereocenters. The number of carbonyl (C=O) groups is 2. The van der Waals surface area contributed by atoms with Gasteiger partial charge in [-0.25, -0.2) is 4.79 Å². The monoisotopic (exact) mass is 1080 g/mol. The summed E-state index contributed by atoms with van der Waals surface area (Å²) in [6.07, 6.45) is 8.98. The number of rotatable bonds is 33. The number of esters is 1. The van der Waals surface area contributed by atoms with Crippen molar-refractivity contribution in [3.8, 4) is 5.75 Å². The molecule has 388 valence electrons. The van der Waals surface area contributed by atoms with Crippen LogP contribution in [0.4, 0.5) is 0 Å². The predicted octanol–water partition coefficient (Wildman–Crippen LogP) is 12.2. The van der Waals surface area contributed by atoms with Crippen LogP contribution in [-0.2, 0) is 49.0 Å². The maximum absolute atomic E-state index is 13.2. The Morgan fingerprint density at radius 1 is 0.824 bits per heavy atom. The van der Waals surface area contributed by atoms with E-state index in [-0.39, 0.29) is 66.4 Å². The number of hydrogen-bond acceptors (Lipinski definition) is 11. The maximum Gasteiger partial charge on any atom is 0.330 e. The Morgan fingerprint density at radius 2 is 1.46 bits per heavy atom. The largest absolute Gasteiger partial charge is 0.497 e. The summed E-state index contributed by atoms with van der Waals surface area (Å²) in [4.78, 5) is 25.8. The molecule has 0 fully saturated rings. The Morgan fingerprint density at radius 3 is 1.99 bits per heavy atom. The van der Waals surface area contributed by atoms with Gasteiger partial charge in [-0.15, -0.1) is 0 Å². The zero-order valence-corrected chi connectivity index (χ0v) is 47.9. The lowest BCUT2D eigenvalue weighted by Crippen LogP contribution is -2.50. The molecule has 1 aromatic rings. The van der Waals surface area contributed by atoms with Gasteiger partial charge in [0.15, 0.2) is 14.1 Å². The quantitative estimate of drug-likeness (QED) is 0.0237. The number of aliphatic hydroxyl groups is 1. The number of carbonyl (C=O) groups excluding carboxylic acids is 2. The molecule has 0 aromatic heterocycles. The molecule has 0 bridgehead atoms. The second-order valence-corrected chi connectivity index (χ2v) is 26.4. The Hall–Kier alpha value is -2.21. The molecular formula is C55H91IO11Si. The second-order valence-electron chi connectivity index (χ2n) is 20.3. The zero-order valence-electron chi connectivity index (χ0n) is 44.8. The van der Waals surface area contributed by atoms with Crippen molar-refractivity contribution in [1.82, 2.24) is 0 Å². The molecule has 0 spiro atoms. The van der Waals surface area contributed by atoms with Crippen LogP contribution in [0.1, 0.15) is 121 Å². The maximum atomic E-state index is 13.2. The van der Waals surface area contributed by atoms with Gasteiger partial charge in [0.25, 0.3) is 0 Å². The first-order chi connectivity index (χ1) is 32.1. The van der Waals surface area contributed by atoms with Gasteiger partial charge in [-0.05, 0) is 64.2 Å². The number of cyclic esters (lactones) is 1.